The molecule has 0 saturated heterocycles. The number of hydrogen-bond donors (Lipinski definition) is 1. The van der Waals surface area contributed by atoms with Crippen LogP contribution in [0.1, 0.15) is 41.0 Å². The monoisotopic (exact) mass is 200 g/mol. The van der Waals surface area contributed by atoms with Gasteiger partial charge < -0.3 is 10.6 Å². The van der Waals surface area contributed by atoms with E-state index in [1.807, 2.05) is 25.7 Å². The molecule has 14 heavy (non-hydrogen) atoms. The molecule has 0 aromatic heterocycles. The minimum Gasteiger partial charge on any atom is -0.339 e. The van der Waals surface area contributed by atoms with Crippen molar-refractivity contribution < 1.29 is 4.79 Å². The van der Waals surface area contributed by atoms with E-state index in [4.69, 9.17) is 5.73 Å². The molecule has 0 radical (unpaired) electrons. The van der Waals surface area contributed by atoms with Gasteiger partial charge in [-0.1, -0.05) is 20.8 Å². The molecule has 2 N–H and O–H groups in total. The molecule has 0 aromatic rings. The van der Waals surface area contributed by atoms with Gasteiger partial charge in [0.15, 0.2) is 0 Å². The van der Waals surface area contributed by atoms with E-state index in [0.29, 0.717) is 0 Å². The maximum Gasteiger partial charge on any atom is 0.239 e. The summed E-state index contributed by atoms with van der Waals surface area (Å²) in [6, 6.07) is -0.0683. The molecule has 3 heteroatoms. The third-order valence-corrected chi connectivity index (χ3v) is 2.75. The molecular weight excluding hydrogens is 176 g/mol. The Morgan fingerprint density at radius 1 is 1.29 bits per heavy atom. The second-order valence-electron chi connectivity index (χ2n) is 4.15. The highest BCUT2D eigenvalue weighted by Crippen LogP contribution is 2.09. The van der Waals surface area contributed by atoms with Crippen molar-refractivity contribution in [1.82, 2.24) is 4.90 Å². The predicted molar refractivity (Wildman–Crippen MR) is 60.0 cm³/mol. The van der Waals surface area contributed by atoms with Gasteiger partial charge in [-0.2, -0.15) is 0 Å². The van der Waals surface area contributed by atoms with Gasteiger partial charge in [0.1, 0.15) is 0 Å². The molecule has 0 aliphatic rings. The molecule has 0 bridgehead atoms. The van der Waals surface area contributed by atoms with Gasteiger partial charge in [0.2, 0.25) is 5.91 Å². The molecule has 0 spiro atoms. The maximum atomic E-state index is 11.9. The highest BCUT2D eigenvalue weighted by molar-refractivity contribution is 5.82. The molecule has 0 saturated carbocycles. The lowest BCUT2D eigenvalue weighted by Crippen LogP contribution is -2.49. The van der Waals surface area contributed by atoms with Gasteiger partial charge in [0, 0.05) is 12.6 Å². The summed E-state index contributed by atoms with van der Waals surface area (Å²) in [4.78, 5) is 13.8. The first-order chi connectivity index (χ1) is 6.45. The van der Waals surface area contributed by atoms with Crippen LogP contribution < -0.4 is 5.73 Å². The van der Waals surface area contributed by atoms with Crippen LogP contribution in [0, 0.1) is 5.92 Å². The molecule has 1 amide bonds. The standard InChI is InChI=1S/C11H24N2O/c1-6-9(5)13(7-2)11(14)10(12)8(3)4/h8-10H,6-7,12H2,1-5H3/t9?,10-/m1/s1. The summed E-state index contributed by atoms with van der Waals surface area (Å²) < 4.78 is 0. The van der Waals surface area contributed by atoms with Crippen LogP contribution in [0.2, 0.25) is 0 Å². The van der Waals surface area contributed by atoms with Gasteiger partial charge in [0.05, 0.1) is 6.04 Å². The third kappa shape index (κ3) is 3.29. The van der Waals surface area contributed by atoms with Crippen LogP contribution in [0.25, 0.3) is 0 Å². The Kier molecular flexibility index (Phi) is 5.77. The van der Waals surface area contributed by atoms with Crippen LogP contribution in [0.3, 0.4) is 0 Å². The Balaban J connectivity index is 4.45. The van der Waals surface area contributed by atoms with Crippen molar-refractivity contribution in [2.45, 2.75) is 53.1 Å². The van der Waals surface area contributed by atoms with Crippen LogP contribution in [0.15, 0.2) is 0 Å². The number of carbonyl (C=O) groups excluding carboxylic acids is 1. The van der Waals surface area contributed by atoms with Crippen molar-refractivity contribution >= 4 is 5.91 Å². The van der Waals surface area contributed by atoms with Gasteiger partial charge in [-0.05, 0) is 26.2 Å². The third-order valence-electron chi connectivity index (χ3n) is 2.75. The second-order valence-corrected chi connectivity index (χ2v) is 4.15. The van der Waals surface area contributed by atoms with Crippen molar-refractivity contribution in [2.24, 2.45) is 11.7 Å². The molecule has 0 aliphatic carbocycles. The van der Waals surface area contributed by atoms with Crippen molar-refractivity contribution in [2.75, 3.05) is 6.54 Å². The number of amides is 1. The molecular formula is C11H24N2O. The van der Waals surface area contributed by atoms with Gasteiger partial charge in [-0.3, -0.25) is 4.79 Å². The largest absolute Gasteiger partial charge is 0.339 e. The molecule has 0 rings (SSSR count). The molecule has 1 unspecified atom stereocenters. The number of hydrogen-bond acceptors (Lipinski definition) is 2. The number of nitrogens with two attached hydrogens (primary N) is 1. The molecule has 84 valence electrons. The van der Waals surface area contributed by atoms with Crippen molar-refractivity contribution in [3.63, 3.8) is 0 Å². The molecule has 0 fully saturated rings. The Labute approximate surface area is 87.6 Å². The van der Waals surface area contributed by atoms with Crippen molar-refractivity contribution in [1.29, 1.82) is 0 Å². The normalized spacial score (nSPS) is 15.4. The van der Waals surface area contributed by atoms with E-state index in [1.165, 1.54) is 0 Å². The van der Waals surface area contributed by atoms with Crippen LogP contribution in [-0.4, -0.2) is 29.4 Å². The van der Waals surface area contributed by atoms with Crippen molar-refractivity contribution in [3.05, 3.63) is 0 Å². The second kappa shape index (κ2) is 6.02. The summed E-state index contributed by atoms with van der Waals surface area (Å²) in [5.74, 6) is 0.289. The molecule has 3 nitrogen and oxygen atoms in total. The lowest BCUT2D eigenvalue weighted by atomic mass is 10.0. The lowest BCUT2D eigenvalue weighted by molar-refractivity contribution is -0.135. The van der Waals surface area contributed by atoms with Crippen LogP contribution in [-0.2, 0) is 4.79 Å². The van der Waals surface area contributed by atoms with Crippen LogP contribution in [0.5, 0.6) is 0 Å². The van der Waals surface area contributed by atoms with E-state index in [0.717, 1.165) is 13.0 Å². The quantitative estimate of drug-likeness (QED) is 0.733. The van der Waals surface area contributed by atoms with E-state index in [9.17, 15) is 4.79 Å². The fourth-order valence-electron chi connectivity index (χ4n) is 1.38. The van der Waals surface area contributed by atoms with E-state index in [-0.39, 0.29) is 23.9 Å². The Morgan fingerprint density at radius 3 is 2.07 bits per heavy atom. The fraction of sp³-hybridized carbons (Fsp3) is 0.909. The van der Waals surface area contributed by atoms with Crippen LogP contribution >= 0.6 is 0 Å². The van der Waals surface area contributed by atoms with Gasteiger partial charge in [-0.15, -0.1) is 0 Å². The number of nitrogens with zero attached hydrogens (tertiary/aromatic N) is 1. The zero-order valence-corrected chi connectivity index (χ0v) is 10.1. The SMILES string of the molecule is CCC(C)N(CC)C(=O)[C@H](N)C(C)C. The first kappa shape index (κ1) is 13.4. The average Bonchev–Trinajstić information content (AvgIpc) is 2.16. The predicted octanol–water partition coefficient (Wildman–Crippen LogP) is 1.62. The zero-order chi connectivity index (χ0) is 11.3. The summed E-state index contributed by atoms with van der Waals surface area (Å²) in [5, 5.41) is 0. The Morgan fingerprint density at radius 2 is 1.79 bits per heavy atom. The average molecular weight is 200 g/mol. The summed E-state index contributed by atoms with van der Waals surface area (Å²) >= 11 is 0. The van der Waals surface area contributed by atoms with E-state index >= 15 is 0 Å². The van der Waals surface area contributed by atoms with Gasteiger partial charge in [-0.25, -0.2) is 0 Å². The highest BCUT2D eigenvalue weighted by Gasteiger charge is 2.24. The van der Waals surface area contributed by atoms with E-state index in [2.05, 4.69) is 13.8 Å². The highest BCUT2D eigenvalue weighted by atomic mass is 16.2. The van der Waals surface area contributed by atoms with Gasteiger partial charge >= 0.3 is 0 Å². The summed E-state index contributed by atoms with van der Waals surface area (Å²) in [5.41, 5.74) is 5.84. The topological polar surface area (TPSA) is 46.3 Å². The summed E-state index contributed by atoms with van der Waals surface area (Å²) in [6.07, 6.45) is 0.977. The smallest absolute Gasteiger partial charge is 0.239 e. The summed E-state index contributed by atoms with van der Waals surface area (Å²) in [6.45, 7) is 10.8. The fourth-order valence-corrected chi connectivity index (χ4v) is 1.38. The lowest BCUT2D eigenvalue weighted by Gasteiger charge is -2.30. The van der Waals surface area contributed by atoms with Gasteiger partial charge in [0.25, 0.3) is 0 Å². The first-order valence-electron chi connectivity index (χ1n) is 5.51. The Hall–Kier alpha value is -0.570. The minimum absolute atomic E-state index is 0.0804. The Bertz CT molecular complexity index is 180. The number of rotatable bonds is 5. The van der Waals surface area contributed by atoms with E-state index in [1.54, 1.807) is 0 Å². The molecule has 0 aromatic carbocycles. The number of likely N-dealkylation sites (N-methyl/N-ethyl adjacent to an activating group) is 1. The minimum atomic E-state index is -0.357. The summed E-state index contributed by atoms with van der Waals surface area (Å²) in [7, 11) is 0. The van der Waals surface area contributed by atoms with Crippen LogP contribution in [0.4, 0.5) is 0 Å². The first-order valence-corrected chi connectivity index (χ1v) is 5.51. The maximum absolute atomic E-state index is 11.9. The molecule has 2 atom stereocenters. The number of carbonyl (C=O) groups is 1. The molecule has 0 heterocycles. The molecule has 0 aliphatic heterocycles. The van der Waals surface area contributed by atoms with Crippen molar-refractivity contribution in [3.8, 4) is 0 Å². The van der Waals surface area contributed by atoms with E-state index < -0.39 is 0 Å². The zero-order valence-electron chi connectivity index (χ0n) is 10.1.